The number of carbonyl (C=O) groups excluding carboxylic acids is 1. The third-order valence-corrected chi connectivity index (χ3v) is 1.96. The number of aromatic nitrogens is 2. The number of nitrogen functional groups attached to an aromatic ring is 1. The van der Waals surface area contributed by atoms with Gasteiger partial charge in [0.05, 0.1) is 12.2 Å². The molecule has 0 spiro atoms. The van der Waals surface area contributed by atoms with Gasteiger partial charge in [-0.05, 0) is 13.8 Å². The molecule has 15 heavy (non-hydrogen) atoms. The van der Waals surface area contributed by atoms with Gasteiger partial charge in [0.15, 0.2) is 0 Å². The molecular formula is C9H17N5O. The Bertz CT molecular complexity index is 344. The van der Waals surface area contributed by atoms with Crippen LogP contribution in [0.2, 0.25) is 0 Å². The second-order valence-corrected chi connectivity index (χ2v) is 3.53. The summed E-state index contributed by atoms with van der Waals surface area (Å²) in [6.07, 6.45) is 0. The van der Waals surface area contributed by atoms with Crippen LogP contribution in [-0.4, -0.2) is 22.9 Å². The van der Waals surface area contributed by atoms with Gasteiger partial charge in [-0.2, -0.15) is 5.10 Å². The van der Waals surface area contributed by atoms with E-state index >= 15 is 0 Å². The molecular weight excluding hydrogens is 194 g/mol. The second kappa shape index (κ2) is 4.68. The molecule has 2 amide bonds. The molecule has 0 aliphatic heterocycles. The molecule has 0 unspecified atom stereocenters. The second-order valence-electron chi connectivity index (χ2n) is 3.53. The molecule has 0 saturated carbocycles. The number of amides is 2. The summed E-state index contributed by atoms with van der Waals surface area (Å²) in [5, 5.41) is 9.37. The first kappa shape index (κ1) is 11.4. The Morgan fingerprint density at radius 1 is 1.67 bits per heavy atom. The third kappa shape index (κ3) is 2.87. The van der Waals surface area contributed by atoms with E-state index in [4.69, 9.17) is 5.73 Å². The summed E-state index contributed by atoms with van der Waals surface area (Å²) in [5.41, 5.74) is 6.51. The zero-order valence-electron chi connectivity index (χ0n) is 9.24. The number of hydrogen-bond donors (Lipinski definition) is 3. The van der Waals surface area contributed by atoms with E-state index in [0.29, 0.717) is 12.4 Å². The molecule has 0 aliphatic rings. The Hall–Kier alpha value is -1.72. The molecule has 0 saturated heterocycles. The van der Waals surface area contributed by atoms with Crippen molar-refractivity contribution in [3.63, 3.8) is 0 Å². The number of hydrogen-bond acceptors (Lipinski definition) is 3. The maximum Gasteiger partial charge on any atom is 0.314 e. The number of anilines is 1. The van der Waals surface area contributed by atoms with Crippen LogP contribution in [0.15, 0.2) is 6.07 Å². The van der Waals surface area contributed by atoms with Gasteiger partial charge < -0.3 is 16.4 Å². The lowest BCUT2D eigenvalue weighted by molar-refractivity contribution is 0.242. The van der Waals surface area contributed by atoms with E-state index in [2.05, 4.69) is 15.7 Å². The van der Waals surface area contributed by atoms with Crippen molar-refractivity contribution in [1.29, 1.82) is 0 Å². The molecule has 1 aromatic heterocycles. The zero-order chi connectivity index (χ0) is 11.4. The van der Waals surface area contributed by atoms with Gasteiger partial charge in [-0.15, -0.1) is 0 Å². The average Bonchev–Trinajstić information content (AvgIpc) is 2.56. The first-order valence-electron chi connectivity index (χ1n) is 4.84. The van der Waals surface area contributed by atoms with Crippen molar-refractivity contribution in [2.24, 2.45) is 0 Å². The Morgan fingerprint density at radius 2 is 2.33 bits per heavy atom. The largest absolute Gasteiger partial charge is 0.384 e. The normalized spacial score (nSPS) is 10.4. The maximum absolute atomic E-state index is 10.9. The summed E-state index contributed by atoms with van der Waals surface area (Å²) in [4.78, 5) is 10.9. The van der Waals surface area contributed by atoms with Crippen molar-refractivity contribution < 1.29 is 4.79 Å². The van der Waals surface area contributed by atoms with E-state index in [1.165, 1.54) is 0 Å². The molecule has 1 rings (SSSR count). The number of nitrogens with two attached hydrogens (primary N) is 1. The van der Waals surface area contributed by atoms with E-state index in [-0.39, 0.29) is 12.1 Å². The lowest BCUT2D eigenvalue weighted by Gasteiger charge is -2.06. The number of carbonyl (C=O) groups is 1. The average molecular weight is 211 g/mol. The fourth-order valence-corrected chi connectivity index (χ4v) is 1.22. The minimum absolute atomic E-state index is 0.221. The highest BCUT2D eigenvalue weighted by molar-refractivity contribution is 5.73. The number of nitrogens with one attached hydrogen (secondary N) is 2. The molecule has 0 bridgehead atoms. The predicted octanol–water partition coefficient (Wildman–Crippen LogP) is 0.475. The molecule has 0 radical (unpaired) electrons. The van der Waals surface area contributed by atoms with Crippen LogP contribution in [-0.2, 0) is 6.54 Å². The monoisotopic (exact) mass is 211 g/mol. The fourth-order valence-electron chi connectivity index (χ4n) is 1.22. The van der Waals surface area contributed by atoms with Crippen molar-refractivity contribution >= 4 is 11.8 Å². The SMILES string of the molecule is CNC(=O)NCc1cc(N)n(C(C)C)n1. The highest BCUT2D eigenvalue weighted by atomic mass is 16.2. The number of nitrogens with zero attached hydrogens (tertiary/aromatic N) is 2. The van der Waals surface area contributed by atoms with Crippen LogP contribution in [0, 0.1) is 0 Å². The Labute approximate surface area is 88.8 Å². The standard InChI is InChI=1S/C9H17N5O/c1-6(2)14-8(10)4-7(13-14)5-12-9(15)11-3/h4,6H,5,10H2,1-3H3,(H2,11,12,15). The van der Waals surface area contributed by atoms with Crippen molar-refractivity contribution in [3.05, 3.63) is 11.8 Å². The summed E-state index contributed by atoms with van der Waals surface area (Å²) in [6.45, 7) is 4.38. The first-order chi connectivity index (χ1) is 7.04. The molecule has 1 aromatic rings. The molecule has 1 heterocycles. The van der Waals surface area contributed by atoms with E-state index in [9.17, 15) is 4.79 Å². The maximum atomic E-state index is 10.9. The predicted molar refractivity (Wildman–Crippen MR) is 58.3 cm³/mol. The minimum atomic E-state index is -0.229. The van der Waals surface area contributed by atoms with E-state index in [0.717, 1.165) is 5.69 Å². The Balaban J connectivity index is 2.63. The van der Waals surface area contributed by atoms with Crippen LogP contribution in [0.1, 0.15) is 25.6 Å². The first-order valence-corrected chi connectivity index (χ1v) is 4.84. The smallest absolute Gasteiger partial charge is 0.314 e. The summed E-state index contributed by atoms with van der Waals surface area (Å²) >= 11 is 0. The van der Waals surface area contributed by atoms with Crippen LogP contribution in [0.5, 0.6) is 0 Å². The van der Waals surface area contributed by atoms with Crippen molar-refractivity contribution in [2.75, 3.05) is 12.8 Å². The lowest BCUT2D eigenvalue weighted by atomic mass is 10.4. The molecule has 4 N–H and O–H groups in total. The van der Waals surface area contributed by atoms with Crippen molar-refractivity contribution in [2.45, 2.75) is 26.4 Å². The molecule has 84 valence electrons. The van der Waals surface area contributed by atoms with E-state index in [1.807, 2.05) is 13.8 Å². The summed E-state index contributed by atoms with van der Waals surface area (Å²) in [6, 6.07) is 1.75. The molecule has 6 nitrogen and oxygen atoms in total. The Kier molecular flexibility index (Phi) is 3.54. The van der Waals surface area contributed by atoms with Gasteiger partial charge in [-0.1, -0.05) is 0 Å². The van der Waals surface area contributed by atoms with Crippen molar-refractivity contribution in [3.8, 4) is 0 Å². The summed E-state index contributed by atoms with van der Waals surface area (Å²) < 4.78 is 1.72. The van der Waals surface area contributed by atoms with Gasteiger partial charge in [0.1, 0.15) is 5.82 Å². The van der Waals surface area contributed by atoms with Gasteiger partial charge in [0.2, 0.25) is 0 Å². The van der Waals surface area contributed by atoms with Crippen LogP contribution in [0.4, 0.5) is 10.6 Å². The molecule has 0 fully saturated rings. The fraction of sp³-hybridized carbons (Fsp3) is 0.556. The van der Waals surface area contributed by atoms with Crippen LogP contribution in [0.3, 0.4) is 0 Å². The van der Waals surface area contributed by atoms with E-state index < -0.39 is 0 Å². The van der Waals surface area contributed by atoms with Gasteiger partial charge in [0.25, 0.3) is 0 Å². The minimum Gasteiger partial charge on any atom is -0.384 e. The van der Waals surface area contributed by atoms with Crippen LogP contribution in [0.25, 0.3) is 0 Å². The van der Waals surface area contributed by atoms with Gasteiger partial charge in [-0.25, -0.2) is 9.48 Å². The molecule has 0 aliphatic carbocycles. The summed E-state index contributed by atoms with van der Waals surface area (Å²) in [5.74, 6) is 0.610. The topological polar surface area (TPSA) is 85.0 Å². The van der Waals surface area contributed by atoms with Gasteiger partial charge in [0, 0.05) is 19.2 Å². The third-order valence-electron chi connectivity index (χ3n) is 1.96. The highest BCUT2D eigenvalue weighted by Gasteiger charge is 2.07. The summed E-state index contributed by atoms with van der Waals surface area (Å²) in [7, 11) is 1.57. The van der Waals surface area contributed by atoms with Gasteiger partial charge >= 0.3 is 6.03 Å². The number of urea groups is 1. The highest BCUT2D eigenvalue weighted by Crippen LogP contribution is 2.12. The lowest BCUT2D eigenvalue weighted by Crippen LogP contribution is -2.32. The van der Waals surface area contributed by atoms with Crippen molar-refractivity contribution in [1.82, 2.24) is 20.4 Å². The number of rotatable bonds is 3. The molecule has 0 atom stereocenters. The van der Waals surface area contributed by atoms with Crippen LogP contribution < -0.4 is 16.4 Å². The van der Waals surface area contributed by atoms with Gasteiger partial charge in [-0.3, -0.25) is 0 Å². The van der Waals surface area contributed by atoms with Crippen LogP contribution >= 0.6 is 0 Å². The zero-order valence-corrected chi connectivity index (χ0v) is 9.24. The van der Waals surface area contributed by atoms with E-state index in [1.54, 1.807) is 17.8 Å². The molecule has 6 heteroatoms. The molecule has 0 aromatic carbocycles. The Morgan fingerprint density at radius 3 is 2.80 bits per heavy atom. The quantitative estimate of drug-likeness (QED) is 0.679.